The van der Waals surface area contributed by atoms with Crippen molar-refractivity contribution >= 4 is 23.4 Å². The maximum absolute atomic E-state index is 13.4. The fourth-order valence-electron chi connectivity index (χ4n) is 1.59. The number of hydrogen-bond donors (Lipinski definition) is 2. The van der Waals surface area contributed by atoms with Crippen molar-refractivity contribution < 1.29 is 18.4 Å². The van der Waals surface area contributed by atoms with Gasteiger partial charge in [-0.15, -0.1) is 0 Å². The van der Waals surface area contributed by atoms with Crippen LogP contribution in [0, 0.1) is 5.82 Å². The molecule has 5 nitrogen and oxygen atoms in total. The predicted octanol–water partition coefficient (Wildman–Crippen LogP) is 2.12. The van der Waals surface area contributed by atoms with Crippen LogP contribution in [0.4, 0.5) is 4.39 Å². The molecule has 0 aliphatic rings. The molecule has 110 valence electrons. The third-order valence-corrected chi connectivity index (χ3v) is 2.86. The van der Waals surface area contributed by atoms with Crippen LogP contribution >= 0.6 is 11.6 Å². The third kappa shape index (κ3) is 4.32. The smallest absolute Gasteiger partial charge is 0.254 e. The summed E-state index contributed by atoms with van der Waals surface area (Å²) in [4.78, 5) is 23.3. The average Bonchev–Trinajstić information content (AvgIpc) is 2.98. The van der Waals surface area contributed by atoms with Gasteiger partial charge in [0, 0.05) is 5.02 Å². The van der Waals surface area contributed by atoms with Crippen LogP contribution in [0.1, 0.15) is 16.1 Å². The van der Waals surface area contributed by atoms with E-state index < -0.39 is 17.6 Å². The molecule has 0 bridgehead atoms. The van der Waals surface area contributed by atoms with E-state index >= 15 is 0 Å². The van der Waals surface area contributed by atoms with E-state index in [-0.39, 0.29) is 23.7 Å². The summed E-state index contributed by atoms with van der Waals surface area (Å²) in [7, 11) is 0. The Balaban J connectivity index is 1.83. The maximum Gasteiger partial charge on any atom is 0.254 e. The van der Waals surface area contributed by atoms with Gasteiger partial charge < -0.3 is 15.1 Å². The zero-order valence-electron chi connectivity index (χ0n) is 10.9. The Bertz CT molecular complexity index is 644. The molecule has 0 aliphatic heterocycles. The van der Waals surface area contributed by atoms with E-state index in [1.54, 1.807) is 12.1 Å². The predicted molar refractivity (Wildman–Crippen MR) is 74.3 cm³/mol. The first-order valence-electron chi connectivity index (χ1n) is 6.08. The molecular formula is C14H12ClFN2O3. The molecule has 0 saturated carbocycles. The molecule has 21 heavy (non-hydrogen) atoms. The minimum absolute atomic E-state index is 0.207. The summed E-state index contributed by atoms with van der Waals surface area (Å²) in [5.74, 6) is -1.23. The minimum atomic E-state index is -0.705. The highest BCUT2D eigenvalue weighted by Crippen LogP contribution is 2.14. The van der Waals surface area contributed by atoms with Gasteiger partial charge in [-0.2, -0.15) is 0 Å². The van der Waals surface area contributed by atoms with Crippen molar-refractivity contribution in [3.05, 3.63) is 58.8 Å². The zero-order valence-corrected chi connectivity index (χ0v) is 11.6. The number of rotatable bonds is 5. The molecule has 1 aromatic carbocycles. The molecule has 0 radical (unpaired) electrons. The van der Waals surface area contributed by atoms with Gasteiger partial charge in [0.25, 0.3) is 5.91 Å². The Morgan fingerprint density at radius 1 is 1.24 bits per heavy atom. The van der Waals surface area contributed by atoms with Crippen LogP contribution in [0.15, 0.2) is 41.0 Å². The van der Waals surface area contributed by atoms with E-state index in [4.69, 9.17) is 16.0 Å². The molecule has 7 heteroatoms. The molecule has 0 unspecified atom stereocenters. The van der Waals surface area contributed by atoms with Crippen LogP contribution in [-0.4, -0.2) is 18.4 Å². The van der Waals surface area contributed by atoms with Crippen molar-refractivity contribution in [2.75, 3.05) is 6.54 Å². The first-order chi connectivity index (χ1) is 10.1. The summed E-state index contributed by atoms with van der Waals surface area (Å²) in [6.07, 6.45) is 1.49. The number of nitrogens with one attached hydrogen (secondary N) is 2. The lowest BCUT2D eigenvalue weighted by molar-refractivity contribution is -0.120. The number of carbonyl (C=O) groups is 2. The van der Waals surface area contributed by atoms with Crippen molar-refractivity contribution in [1.29, 1.82) is 0 Å². The van der Waals surface area contributed by atoms with E-state index in [9.17, 15) is 14.0 Å². The fraction of sp³-hybridized carbons (Fsp3) is 0.143. The average molecular weight is 311 g/mol. The molecule has 2 rings (SSSR count). The number of benzene rings is 1. The number of halogens is 2. The lowest BCUT2D eigenvalue weighted by Gasteiger charge is -2.07. The topological polar surface area (TPSA) is 71.3 Å². The Morgan fingerprint density at radius 2 is 2.05 bits per heavy atom. The Kier molecular flexibility index (Phi) is 4.94. The van der Waals surface area contributed by atoms with Gasteiger partial charge in [0.2, 0.25) is 5.91 Å². The molecule has 0 aliphatic carbocycles. The Morgan fingerprint density at radius 3 is 2.76 bits per heavy atom. The molecule has 0 saturated heterocycles. The maximum atomic E-state index is 13.4. The van der Waals surface area contributed by atoms with Gasteiger partial charge in [-0.1, -0.05) is 11.6 Å². The summed E-state index contributed by atoms with van der Waals surface area (Å²) >= 11 is 5.69. The normalized spacial score (nSPS) is 10.2. The van der Waals surface area contributed by atoms with Crippen molar-refractivity contribution in [3.63, 3.8) is 0 Å². The second kappa shape index (κ2) is 6.90. The second-order valence-electron chi connectivity index (χ2n) is 4.16. The molecule has 0 atom stereocenters. The summed E-state index contributed by atoms with van der Waals surface area (Å²) in [6, 6.07) is 7.04. The van der Waals surface area contributed by atoms with Gasteiger partial charge in [0.05, 0.1) is 24.9 Å². The van der Waals surface area contributed by atoms with E-state index in [0.29, 0.717) is 5.76 Å². The van der Waals surface area contributed by atoms with E-state index in [1.165, 1.54) is 18.4 Å². The van der Waals surface area contributed by atoms with E-state index in [1.807, 2.05) is 0 Å². The van der Waals surface area contributed by atoms with Crippen molar-refractivity contribution in [2.45, 2.75) is 6.54 Å². The van der Waals surface area contributed by atoms with Crippen LogP contribution in [0.3, 0.4) is 0 Å². The summed E-state index contributed by atoms with van der Waals surface area (Å²) in [5, 5.41) is 5.11. The molecule has 2 amide bonds. The molecule has 2 N–H and O–H groups in total. The lowest BCUT2D eigenvalue weighted by Crippen LogP contribution is -2.36. The molecule has 1 aromatic heterocycles. The highest BCUT2D eigenvalue weighted by Gasteiger charge is 2.13. The molecule has 2 aromatic rings. The van der Waals surface area contributed by atoms with Crippen LogP contribution in [0.25, 0.3) is 0 Å². The molecular weight excluding hydrogens is 299 g/mol. The number of furan rings is 1. The standard InChI is InChI=1S/C14H12ClFN2O3/c15-9-3-4-12(16)11(6-9)14(20)18-8-13(19)17-7-10-2-1-5-21-10/h1-6H,7-8H2,(H,17,19)(H,18,20). The van der Waals surface area contributed by atoms with Gasteiger partial charge in [0.15, 0.2) is 0 Å². The van der Waals surface area contributed by atoms with Gasteiger partial charge >= 0.3 is 0 Å². The van der Waals surface area contributed by atoms with Crippen molar-refractivity contribution in [1.82, 2.24) is 10.6 Å². The van der Waals surface area contributed by atoms with E-state index in [2.05, 4.69) is 10.6 Å². The van der Waals surface area contributed by atoms with Crippen LogP contribution in [0.5, 0.6) is 0 Å². The van der Waals surface area contributed by atoms with Crippen molar-refractivity contribution in [2.24, 2.45) is 0 Å². The number of amides is 2. The molecule has 1 heterocycles. The van der Waals surface area contributed by atoms with E-state index in [0.717, 1.165) is 6.07 Å². The molecule has 0 fully saturated rings. The second-order valence-corrected chi connectivity index (χ2v) is 4.60. The van der Waals surface area contributed by atoms with Gasteiger partial charge in [-0.25, -0.2) is 4.39 Å². The van der Waals surface area contributed by atoms with Crippen LogP contribution < -0.4 is 10.6 Å². The highest BCUT2D eigenvalue weighted by atomic mass is 35.5. The zero-order chi connectivity index (χ0) is 15.2. The molecule has 0 spiro atoms. The lowest BCUT2D eigenvalue weighted by atomic mass is 10.2. The quantitative estimate of drug-likeness (QED) is 0.888. The highest BCUT2D eigenvalue weighted by molar-refractivity contribution is 6.31. The van der Waals surface area contributed by atoms with Gasteiger partial charge in [-0.05, 0) is 30.3 Å². The first-order valence-corrected chi connectivity index (χ1v) is 6.46. The third-order valence-electron chi connectivity index (χ3n) is 2.62. The summed E-state index contributed by atoms with van der Waals surface area (Å²) in [6.45, 7) is -0.0568. The first kappa shape index (κ1) is 15.1. The number of hydrogen-bond acceptors (Lipinski definition) is 3. The monoisotopic (exact) mass is 310 g/mol. The SMILES string of the molecule is O=C(CNC(=O)c1cc(Cl)ccc1F)NCc1ccco1. The van der Waals surface area contributed by atoms with Crippen molar-refractivity contribution in [3.8, 4) is 0 Å². The van der Waals surface area contributed by atoms with Crippen LogP contribution in [0.2, 0.25) is 5.02 Å². The largest absolute Gasteiger partial charge is 0.467 e. The Labute approximate surface area is 125 Å². The summed E-state index contributed by atoms with van der Waals surface area (Å²) in [5.41, 5.74) is -0.207. The van der Waals surface area contributed by atoms with Gasteiger partial charge in [0.1, 0.15) is 11.6 Å². The fourth-order valence-corrected chi connectivity index (χ4v) is 1.76. The van der Waals surface area contributed by atoms with Gasteiger partial charge in [-0.3, -0.25) is 9.59 Å². The minimum Gasteiger partial charge on any atom is -0.467 e. The Hall–Kier alpha value is -2.34. The summed E-state index contributed by atoms with van der Waals surface area (Å²) < 4.78 is 18.5. The number of carbonyl (C=O) groups excluding carboxylic acids is 2. The van der Waals surface area contributed by atoms with Crippen LogP contribution in [-0.2, 0) is 11.3 Å².